The van der Waals surface area contributed by atoms with E-state index in [9.17, 15) is 13.8 Å². The Morgan fingerprint density at radius 3 is 2.40 bits per heavy atom. The summed E-state index contributed by atoms with van der Waals surface area (Å²) in [5.74, 6) is 0.0820. The molecule has 0 aliphatic rings. The average molecular weight is 298 g/mol. The fraction of sp³-hybridized carbons (Fsp3) is 0.571. The number of hydrogen-bond donors (Lipinski definition) is 1. The van der Waals surface area contributed by atoms with Crippen molar-refractivity contribution in [1.29, 1.82) is 0 Å². The van der Waals surface area contributed by atoms with Crippen molar-refractivity contribution in [2.24, 2.45) is 7.05 Å². The van der Waals surface area contributed by atoms with E-state index in [4.69, 9.17) is 0 Å². The molecule has 5 nitrogen and oxygen atoms in total. The summed E-state index contributed by atoms with van der Waals surface area (Å²) in [6.45, 7) is 7.52. The first-order chi connectivity index (χ1) is 9.12. The van der Waals surface area contributed by atoms with Crippen LogP contribution < -0.4 is 5.32 Å². The molecule has 112 valence electrons. The number of hydrogen-bond acceptors (Lipinski definition) is 3. The van der Waals surface area contributed by atoms with Crippen LogP contribution in [0.4, 0.5) is 0 Å². The highest BCUT2D eigenvalue weighted by molar-refractivity contribution is 7.86. The van der Waals surface area contributed by atoms with Gasteiger partial charge >= 0.3 is 0 Å². The number of carbonyl (C=O) groups is 2. The van der Waals surface area contributed by atoms with Crippen molar-refractivity contribution in [3.63, 3.8) is 0 Å². The molecule has 1 heterocycles. The maximum Gasteiger partial charge on any atom is 0.267 e. The van der Waals surface area contributed by atoms with Gasteiger partial charge in [-0.2, -0.15) is 0 Å². The van der Waals surface area contributed by atoms with E-state index >= 15 is 0 Å². The fourth-order valence-corrected chi connectivity index (χ4v) is 2.54. The van der Waals surface area contributed by atoms with Crippen molar-refractivity contribution >= 4 is 22.5 Å². The van der Waals surface area contributed by atoms with Gasteiger partial charge in [0, 0.05) is 46.7 Å². The molecule has 0 aliphatic heterocycles. The molecule has 0 aromatic carbocycles. The molecule has 1 aromatic heterocycles. The van der Waals surface area contributed by atoms with Gasteiger partial charge in [-0.3, -0.25) is 13.8 Å². The highest BCUT2D eigenvalue weighted by Gasteiger charge is 2.19. The Morgan fingerprint density at radius 2 is 1.95 bits per heavy atom. The minimum Gasteiger partial charge on any atom is -0.350 e. The highest BCUT2D eigenvalue weighted by atomic mass is 32.2. The predicted octanol–water partition coefficient (Wildman–Crippen LogP) is 1.50. The summed E-state index contributed by atoms with van der Waals surface area (Å²) in [6, 6.07) is 1.57. The molecule has 0 bridgehead atoms. The molecule has 0 saturated carbocycles. The standard InChI is InChI=1S/C14H22N2O3S/c1-10(17)11-8-12(16(5)9-11)13(18)15-6-7-20(19)14(2,3)4/h8-9H,6-7H2,1-5H3,(H,15,18)/t20-/m1/s1. The molecular formula is C14H22N2O3S. The molecule has 0 radical (unpaired) electrons. The van der Waals surface area contributed by atoms with Crippen LogP contribution in [0, 0.1) is 0 Å². The summed E-state index contributed by atoms with van der Waals surface area (Å²) < 4.78 is 13.2. The van der Waals surface area contributed by atoms with Crippen molar-refractivity contribution in [2.45, 2.75) is 32.4 Å². The first-order valence-electron chi connectivity index (χ1n) is 6.47. The number of nitrogens with zero attached hydrogens (tertiary/aromatic N) is 1. The second-order valence-electron chi connectivity index (χ2n) is 5.70. The SMILES string of the molecule is CC(=O)c1cc(C(=O)NCC[S@@](=O)C(C)(C)C)n(C)c1. The topological polar surface area (TPSA) is 68.2 Å². The summed E-state index contributed by atoms with van der Waals surface area (Å²) in [5, 5.41) is 2.73. The summed E-state index contributed by atoms with van der Waals surface area (Å²) in [7, 11) is 0.724. The van der Waals surface area contributed by atoms with E-state index in [-0.39, 0.29) is 16.4 Å². The third-order valence-electron chi connectivity index (χ3n) is 2.90. The number of amides is 1. The summed E-state index contributed by atoms with van der Waals surface area (Å²) in [4.78, 5) is 23.3. The highest BCUT2D eigenvalue weighted by Crippen LogP contribution is 2.11. The zero-order valence-corrected chi connectivity index (χ0v) is 13.5. The van der Waals surface area contributed by atoms with Crippen LogP contribution in [0.1, 0.15) is 48.5 Å². The van der Waals surface area contributed by atoms with E-state index in [1.807, 2.05) is 20.8 Å². The molecule has 0 spiro atoms. The number of nitrogens with one attached hydrogen (secondary N) is 1. The van der Waals surface area contributed by atoms with Crippen molar-refractivity contribution in [3.05, 3.63) is 23.5 Å². The normalized spacial score (nSPS) is 13.1. The van der Waals surface area contributed by atoms with E-state index in [0.29, 0.717) is 23.6 Å². The third-order valence-corrected chi connectivity index (χ3v) is 4.84. The lowest BCUT2D eigenvalue weighted by Crippen LogP contribution is -2.33. The van der Waals surface area contributed by atoms with Gasteiger partial charge in [0.05, 0.1) is 0 Å². The van der Waals surface area contributed by atoms with Gasteiger partial charge in [-0.15, -0.1) is 0 Å². The summed E-state index contributed by atoms with van der Waals surface area (Å²) in [6.07, 6.45) is 1.63. The van der Waals surface area contributed by atoms with Gasteiger partial charge in [0.25, 0.3) is 5.91 Å². The van der Waals surface area contributed by atoms with Crippen molar-refractivity contribution < 1.29 is 13.8 Å². The van der Waals surface area contributed by atoms with Crippen LogP contribution in [0.3, 0.4) is 0 Å². The number of carbonyl (C=O) groups excluding carboxylic acids is 2. The quantitative estimate of drug-likeness (QED) is 0.838. The van der Waals surface area contributed by atoms with Crippen molar-refractivity contribution in [1.82, 2.24) is 9.88 Å². The van der Waals surface area contributed by atoms with Gasteiger partial charge in [-0.05, 0) is 33.8 Å². The predicted molar refractivity (Wildman–Crippen MR) is 80.5 cm³/mol. The molecule has 20 heavy (non-hydrogen) atoms. The van der Waals surface area contributed by atoms with Crippen LogP contribution in [0.25, 0.3) is 0 Å². The second-order valence-corrected chi connectivity index (χ2v) is 8.02. The van der Waals surface area contributed by atoms with E-state index < -0.39 is 10.8 Å². The van der Waals surface area contributed by atoms with Crippen molar-refractivity contribution in [3.8, 4) is 0 Å². The van der Waals surface area contributed by atoms with Crippen LogP contribution in [0.5, 0.6) is 0 Å². The van der Waals surface area contributed by atoms with Gasteiger partial charge in [-0.1, -0.05) is 0 Å². The summed E-state index contributed by atoms with van der Waals surface area (Å²) in [5.41, 5.74) is 0.938. The van der Waals surface area contributed by atoms with Gasteiger partial charge in [0.2, 0.25) is 0 Å². The van der Waals surface area contributed by atoms with Crippen LogP contribution >= 0.6 is 0 Å². The third kappa shape index (κ3) is 4.30. The minimum atomic E-state index is -0.993. The summed E-state index contributed by atoms with van der Waals surface area (Å²) >= 11 is 0. The minimum absolute atomic E-state index is 0.0755. The van der Waals surface area contributed by atoms with Crippen LogP contribution in [-0.4, -0.2) is 37.5 Å². The smallest absolute Gasteiger partial charge is 0.267 e. The van der Waals surface area contributed by atoms with Crippen LogP contribution in [0.15, 0.2) is 12.3 Å². The molecule has 0 aliphatic carbocycles. The van der Waals surface area contributed by atoms with Gasteiger partial charge in [-0.25, -0.2) is 0 Å². The number of aryl methyl sites for hydroxylation is 1. The molecular weight excluding hydrogens is 276 g/mol. The Balaban J connectivity index is 2.60. The maximum atomic E-state index is 12.0. The number of ketones is 1. The van der Waals surface area contributed by atoms with Gasteiger partial charge in [0.1, 0.15) is 5.69 Å². The number of aromatic nitrogens is 1. The molecule has 0 saturated heterocycles. The Hall–Kier alpha value is -1.43. The fourth-order valence-electron chi connectivity index (χ4n) is 1.64. The van der Waals surface area contributed by atoms with Crippen LogP contribution in [0.2, 0.25) is 0 Å². The number of Topliss-reactive ketones (excluding diaryl/α,β-unsaturated/α-hetero) is 1. The molecule has 1 aromatic rings. The molecule has 0 fully saturated rings. The van der Waals surface area contributed by atoms with E-state index in [1.165, 1.54) is 6.92 Å². The average Bonchev–Trinajstić information content (AvgIpc) is 2.70. The molecule has 1 N–H and O–H groups in total. The molecule has 0 unspecified atom stereocenters. The first kappa shape index (κ1) is 16.6. The molecule has 6 heteroatoms. The Labute approximate surface area is 122 Å². The van der Waals surface area contributed by atoms with Gasteiger partial charge in [0.15, 0.2) is 5.78 Å². The molecule has 1 amide bonds. The molecule has 1 atom stereocenters. The monoisotopic (exact) mass is 298 g/mol. The Bertz CT molecular complexity index is 541. The zero-order valence-electron chi connectivity index (χ0n) is 12.6. The van der Waals surface area contributed by atoms with E-state index in [2.05, 4.69) is 5.32 Å². The van der Waals surface area contributed by atoms with E-state index in [0.717, 1.165) is 0 Å². The second kappa shape index (κ2) is 6.35. The maximum absolute atomic E-state index is 12.0. The van der Waals surface area contributed by atoms with Crippen molar-refractivity contribution in [2.75, 3.05) is 12.3 Å². The first-order valence-corrected chi connectivity index (χ1v) is 7.79. The lowest BCUT2D eigenvalue weighted by atomic mass is 10.2. The number of rotatable bonds is 5. The largest absolute Gasteiger partial charge is 0.350 e. The Morgan fingerprint density at radius 1 is 1.35 bits per heavy atom. The van der Waals surface area contributed by atoms with Crippen LogP contribution in [-0.2, 0) is 17.8 Å². The lowest BCUT2D eigenvalue weighted by molar-refractivity contribution is 0.0947. The van der Waals surface area contributed by atoms with E-state index in [1.54, 1.807) is 23.9 Å². The molecule has 1 rings (SSSR count). The zero-order chi connectivity index (χ0) is 15.5. The van der Waals surface area contributed by atoms with Gasteiger partial charge < -0.3 is 9.88 Å². The Kier molecular flexibility index (Phi) is 5.28. The lowest BCUT2D eigenvalue weighted by Gasteiger charge is -2.17.